The van der Waals surface area contributed by atoms with Crippen LogP contribution in [0.25, 0.3) is 11.1 Å². The fraction of sp³-hybridized carbons (Fsp3) is 0.458. The van der Waals surface area contributed by atoms with Gasteiger partial charge in [0.1, 0.15) is 17.9 Å². The van der Waals surface area contributed by atoms with Crippen LogP contribution in [0, 0.1) is 5.92 Å². The summed E-state index contributed by atoms with van der Waals surface area (Å²) in [6.07, 6.45) is 3.61. The molecule has 0 unspecified atom stereocenters. The summed E-state index contributed by atoms with van der Waals surface area (Å²) in [5, 5.41) is 9.31. The second-order valence-corrected chi connectivity index (χ2v) is 9.23. The molecule has 0 radical (unpaired) electrons. The highest BCUT2D eigenvalue weighted by molar-refractivity contribution is 6.00. The molecule has 1 fully saturated rings. The van der Waals surface area contributed by atoms with Crippen LogP contribution in [0.15, 0.2) is 34.9 Å². The van der Waals surface area contributed by atoms with E-state index in [1.165, 1.54) is 0 Å². The third kappa shape index (κ3) is 4.50. The molecule has 180 valence electrons. The minimum Gasteiger partial charge on any atom is -0.476 e. The van der Waals surface area contributed by atoms with Crippen molar-refractivity contribution in [2.45, 2.75) is 32.3 Å². The van der Waals surface area contributed by atoms with E-state index in [1.807, 2.05) is 18.2 Å². The molecule has 0 atom stereocenters. The number of hydrogen-bond acceptors (Lipinski definition) is 8. The van der Waals surface area contributed by atoms with Crippen LogP contribution in [0.2, 0.25) is 0 Å². The molecular formula is C24H29FN6O3. The van der Waals surface area contributed by atoms with Gasteiger partial charge in [0, 0.05) is 31.4 Å². The summed E-state index contributed by atoms with van der Waals surface area (Å²) < 4.78 is 23.9. The summed E-state index contributed by atoms with van der Waals surface area (Å²) in [7, 11) is 0. The molecule has 1 amide bonds. The van der Waals surface area contributed by atoms with Crippen LogP contribution in [-0.4, -0.2) is 54.3 Å². The first-order valence-corrected chi connectivity index (χ1v) is 11.6. The van der Waals surface area contributed by atoms with Crippen molar-refractivity contribution < 1.29 is 18.3 Å². The van der Waals surface area contributed by atoms with Gasteiger partial charge in [0.05, 0.1) is 12.0 Å². The molecule has 2 aliphatic heterocycles. The second-order valence-electron chi connectivity index (χ2n) is 9.23. The number of nitrogens with one attached hydrogen (secondary N) is 3. The van der Waals surface area contributed by atoms with Gasteiger partial charge < -0.3 is 30.0 Å². The average Bonchev–Trinajstić information content (AvgIpc) is 3.29. The molecule has 0 aliphatic carbocycles. The standard InChI is InChI=1S/C24H29FN6O3/c1-24(2)22(32)28-18-13-16(3-4-19(18)34-24)27-23-29-17-7-12-33-20(17)21(30-23)31-10-5-15(6-11-31)14-26-9-8-25/h3-4,7,12-13,15,26H,5-6,8-11,14H2,1-2H3,(H,28,32)(H,27,29,30). The summed E-state index contributed by atoms with van der Waals surface area (Å²) in [5.74, 6) is 2.14. The van der Waals surface area contributed by atoms with Gasteiger partial charge in [-0.1, -0.05) is 0 Å². The molecule has 4 heterocycles. The van der Waals surface area contributed by atoms with E-state index in [4.69, 9.17) is 14.1 Å². The van der Waals surface area contributed by atoms with Gasteiger partial charge in [-0.15, -0.1) is 0 Å². The van der Waals surface area contributed by atoms with Crippen molar-refractivity contribution in [3.05, 3.63) is 30.5 Å². The summed E-state index contributed by atoms with van der Waals surface area (Å²) in [6.45, 7) is 6.05. The van der Waals surface area contributed by atoms with Gasteiger partial charge in [0.2, 0.25) is 5.95 Å². The van der Waals surface area contributed by atoms with Gasteiger partial charge in [-0.25, -0.2) is 9.37 Å². The molecule has 3 aromatic rings. The topological polar surface area (TPSA) is 105 Å². The first kappa shape index (κ1) is 22.4. The van der Waals surface area contributed by atoms with E-state index in [1.54, 1.807) is 26.2 Å². The first-order chi connectivity index (χ1) is 16.4. The van der Waals surface area contributed by atoms with E-state index in [9.17, 15) is 9.18 Å². The lowest BCUT2D eigenvalue weighted by Gasteiger charge is -2.33. The number of anilines is 4. The highest BCUT2D eigenvalue weighted by Gasteiger charge is 2.35. The number of aromatic nitrogens is 2. The first-order valence-electron chi connectivity index (χ1n) is 11.6. The number of halogens is 1. The van der Waals surface area contributed by atoms with Gasteiger partial charge in [-0.3, -0.25) is 4.79 Å². The van der Waals surface area contributed by atoms with E-state index in [0.717, 1.165) is 49.5 Å². The Kier molecular flexibility index (Phi) is 5.99. The van der Waals surface area contributed by atoms with Crippen molar-refractivity contribution in [2.75, 3.05) is 48.4 Å². The summed E-state index contributed by atoms with van der Waals surface area (Å²) in [5.41, 5.74) is 1.79. The Morgan fingerprint density at radius 2 is 2.06 bits per heavy atom. The fourth-order valence-corrected chi connectivity index (χ4v) is 4.36. The number of amides is 1. The van der Waals surface area contributed by atoms with Crippen LogP contribution in [0.3, 0.4) is 0 Å². The number of furan rings is 1. The maximum Gasteiger partial charge on any atom is 0.268 e. The van der Waals surface area contributed by atoms with Gasteiger partial charge in [-0.05, 0) is 57.4 Å². The molecule has 9 nitrogen and oxygen atoms in total. The number of hydrogen-bond donors (Lipinski definition) is 3. The number of fused-ring (bicyclic) bond motifs is 2. The predicted molar refractivity (Wildman–Crippen MR) is 129 cm³/mol. The number of nitrogens with zero attached hydrogens (tertiary/aromatic N) is 3. The summed E-state index contributed by atoms with van der Waals surface area (Å²) in [6, 6.07) is 7.31. The molecule has 1 saturated heterocycles. The zero-order valence-electron chi connectivity index (χ0n) is 19.4. The molecule has 1 aromatic carbocycles. The monoisotopic (exact) mass is 468 g/mol. The van der Waals surface area contributed by atoms with Crippen molar-refractivity contribution in [3.63, 3.8) is 0 Å². The largest absolute Gasteiger partial charge is 0.476 e. The molecule has 0 bridgehead atoms. The van der Waals surface area contributed by atoms with E-state index in [0.29, 0.717) is 35.4 Å². The molecule has 5 rings (SSSR count). The van der Waals surface area contributed by atoms with Gasteiger partial charge in [0.15, 0.2) is 17.0 Å². The maximum absolute atomic E-state index is 12.3. The fourth-order valence-electron chi connectivity index (χ4n) is 4.36. The van der Waals surface area contributed by atoms with Crippen LogP contribution in [0.5, 0.6) is 5.75 Å². The smallest absolute Gasteiger partial charge is 0.268 e. The zero-order valence-corrected chi connectivity index (χ0v) is 19.4. The normalized spacial score (nSPS) is 17.9. The van der Waals surface area contributed by atoms with Crippen LogP contribution in [0.4, 0.5) is 27.5 Å². The Morgan fingerprint density at radius 1 is 1.24 bits per heavy atom. The minimum atomic E-state index is -0.914. The molecule has 10 heteroatoms. The highest BCUT2D eigenvalue weighted by atomic mass is 19.1. The van der Waals surface area contributed by atoms with E-state index >= 15 is 0 Å². The van der Waals surface area contributed by atoms with Crippen molar-refractivity contribution in [3.8, 4) is 5.75 Å². The summed E-state index contributed by atoms with van der Waals surface area (Å²) in [4.78, 5) is 23.8. The molecule has 0 saturated carbocycles. The number of benzene rings is 1. The zero-order chi connectivity index (χ0) is 23.7. The molecule has 0 spiro atoms. The van der Waals surface area contributed by atoms with E-state index in [-0.39, 0.29) is 12.6 Å². The van der Waals surface area contributed by atoms with Crippen LogP contribution < -0.4 is 25.6 Å². The molecular weight excluding hydrogens is 439 g/mol. The average molecular weight is 469 g/mol. The Labute approximate surface area is 197 Å². The highest BCUT2D eigenvalue weighted by Crippen LogP contribution is 2.36. The molecule has 34 heavy (non-hydrogen) atoms. The minimum absolute atomic E-state index is 0.196. The van der Waals surface area contributed by atoms with Crippen molar-refractivity contribution in [1.29, 1.82) is 0 Å². The lowest BCUT2D eigenvalue weighted by atomic mass is 9.97. The Bertz CT molecular complexity index is 1190. The van der Waals surface area contributed by atoms with E-state index in [2.05, 4.69) is 25.8 Å². The second kappa shape index (κ2) is 9.09. The van der Waals surface area contributed by atoms with Gasteiger partial charge in [0.25, 0.3) is 5.91 Å². The number of ether oxygens (including phenoxy) is 1. The number of rotatable bonds is 7. The Morgan fingerprint density at radius 3 is 2.85 bits per heavy atom. The SMILES string of the molecule is CC1(C)Oc2ccc(Nc3nc(N4CCC(CNCCF)CC4)c4occc4n3)cc2NC1=O. The molecule has 2 aromatic heterocycles. The number of piperidine rings is 1. The quantitative estimate of drug-likeness (QED) is 0.449. The van der Waals surface area contributed by atoms with E-state index < -0.39 is 5.60 Å². The molecule has 3 N–H and O–H groups in total. The Balaban J connectivity index is 1.34. The lowest BCUT2D eigenvalue weighted by molar-refractivity contribution is -0.129. The van der Waals surface area contributed by atoms with Crippen LogP contribution >= 0.6 is 0 Å². The van der Waals surface area contributed by atoms with Crippen molar-refractivity contribution in [1.82, 2.24) is 15.3 Å². The number of carbonyl (C=O) groups excluding carboxylic acids is 1. The van der Waals surface area contributed by atoms with Gasteiger partial charge >= 0.3 is 0 Å². The third-order valence-electron chi connectivity index (χ3n) is 6.30. The Hall–Kier alpha value is -3.40. The third-order valence-corrected chi connectivity index (χ3v) is 6.30. The van der Waals surface area contributed by atoms with Crippen molar-refractivity contribution >= 4 is 40.1 Å². The molecule has 2 aliphatic rings. The van der Waals surface area contributed by atoms with Crippen LogP contribution in [0.1, 0.15) is 26.7 Å². The maximum atomic E-state index is 12.3. The predicted octanol–water partition coefficient (Wildman–Crippen LogP) is 3.85. The summed E-state index contributed by atoms with van der Waals surface area (Å²) >= 11 is 0. The lowest BCUT2D eigenvalue weighted by Crippen LogP contribution is -2.45. The van der Waals surface area contributed by atoms with Gasteiger partial charge in [-0.2, -0.15) is 4.98 Å². The van der Waals surface area contributed by atoms with Crippen LogP contribution in [-0.2, 0) is 4.79 Å². The van der Waals surface area contributed by atoms with Crippen molar-refractivity contribution in [2.24, 2.45) is 5.92 Å². The number of alkyl halides is 1. The number of carbonyl (C=O) groups is 1.